The van der Waals surface area contributed by atoms with Gasteiger partial charge in [0.2, 0.25) is 0 Å². The molecular formula is C20H28IN3O3S. The molecule has 0 aliphatic heterocycles. The first-order valence-corrected chi connectivity index (χ1v) is 10.8. The van der Waals surface area contributed by atoms with Crippen molar-refractivity contribution in [2.24, 2.45) is 4.99 Å². The Kier molecular flexibility index (Phi) is 10.3. The van der Waals surface area contributed by atoms with E-state index in [9.17, 15) is 8.42 Å². The van der Waals surface area contributed by atoms with E-state index in [1.54, 1.807) is 24.3 Å². The van der Waals surface area contributed by atoms with E-state index in [0.717, 1.165) is 18.1 Å². The zero-order valence-corrected chi connectivity index (χ0v) is 19.6. The van der Waals surface area contributed by atoms with Gasteiger partial charge in [-0.3, -0.25) is 0 Å². The van der Waals surface area contributed by atoms with Gasteiger partial charge in [0.05, 0.1) is 18.0 Å². The number of hydrogen-bond donors (Lipinski definition) is 2. The van der Waals surface area contributed by atoms with Crippen LogP contribution in [0.4, 0.5) is 0 Å². The van der Waals surface area contributed by atoms with E-state index in [0.29, 0.717) is 25.4 Å². The number of halogens is 1. The number of ether oxygens (including phenoxy) is 1. The maximum atomic E-state index is 11.5. The second-order valence-corrected chi connectivity index (χ2v) is 8.22. The van der Waals surface area contributed by atoms with Crippen LogP contribution in [0.3, 0.4) is 0 Å². The molecule has 0 radical (unpaired) electrons. The van der Waals surface area contributed by atoms with Crippen molar-refractivity contribution in [1.82, 2.24) is 10.6 Å². The predicted octanol–water partition coefficient (Wildman–Crippen LogP) is 3.15. The van der Waals surface area contributed by atoms with Crippen molar-refractivity contribution in [1.29, 1.82) is 0 Å². The molecule has 0 saturated heterocycles. The molecular weight excluding hydrogens is 489 g/mol. The molecule has 0 amide bonds. The summed E-state index contributed by atoms with van der Waals surface area (Å²) in [5.41, 5.74) is 2.38. The second-order valence-electron chi connectivity index (χ2n) is 6.20. The Morgan fingerprint density at radius 3 is 2.43 bits per heavy atom. The van der Waals surface area contributed by atoms with E-state index < -0.39 is 9.84 Å². The van der Waals surface area contributed by atoms with Crippen LogP contribution in [-0.2, 0) is 16.4 Å². The first-order chi connectivity index (χ1) is 12.9. The number of nitrogens with one attached hydrogen (secondary N) is 2. The van der Waals surface area contributed by atoms with E-state index in [-0.39, 0.29) is 28.9 Å². The SMILES string of the molecule is CCNC(=NCc1cccc(C)c1)NCCOc1ccc(S(C)(=O)=O)cc1.I. The lowest BCUT2D eigenvalue weighted by molar-refractivity contribution is 0.321. The highest BCUT2D eigenvalue weighted by molar-refractivity contribution is 14.0. The van der Waals surface area contributed by atoms with Gasteiger partial charge in [0.25, 0.3) is 0 Å². The van der Waals surface area contributed by atoms with Crippen LogP contribution in [0, 0.1) is 6.92 Å². The molecule has 2 aromatic carbocycles. The van der Waals surface area contributed by atoms with Crippen LogP contribution in [0.1, 0.15) is 18.1 Å². The zero-order chi connectivity index (χ0) is 19.7. The van der Waals surface area contributed by atoms with Crippen LogP contribution in [0.2, 0.25) is 0 Å². The molecule has 0 aliphatic carbocycles. The van der Waals surface area contributed by atoms with Crippen molar-refractivity contribution in [2.45, 2.75) is 25.3 Å². The van der Waals surface area contributed by atoms with Crippen LogP contribution >= 0.6 is 24.0 Å². The van der Waals surface area contributed by atoms with Gasteiger partial charge in [-0.15, -0.1) is 24.0 Å². The maximum Gasteiger partial charge on any atom is 0.191 e. The molecule has 0 aliphatic rings. The third kappa shape index (κ3) is 8.47. The summed E-state index contributed by atoms with van der Waals surface area (Å²) in [5, 5.41) is 6.44. The second kappa shape index (κ2) is 11.9. The number of hydrogen-bond acceptors (Lipinski definition) is 4. The molecule has 0 heterocycles. The molecule has 2 aromatic rings. The third-order valence-electron chi connectivity index (χ3n) is 3.76. The summed E-state index contributed by atoms with van der Waals surface area (Å²) >= 11 is 0. The minimum atomic E-state index is -3.19. The van der Waals surface area contributed by atoms with Crippen LogP contribution in [-0.4, -0.2) is 40.3 Å². The van der Waals surface area contributed by atoms with E-state index in [1.807, 2.05) is 13.0 Å². The van der Waals surface area contributed by atoms with Gasteiger partial charge in [-0.25, -0.2) is 13.4 Å². The highest BCUT2D eigenvalue weighted by atomic mass is 127. The molecule has 0 spiro atoms. The molecule has 0 saturated carbocycles. The third-order valence-corrected chi connectivity index (χ3v) is 4.89. The Labute approximate surface area is 184 Å². The Balaban J connectivity index is 0.00000392. The lowest BCUT2D eigenvalue weighted by Gasteiger charge is -2.12. The number of aryl methyl sites for hydroxylation is 1. The molecule has 2 rings (SSSR count). The summed E-state index contributed by atoms with van der Waals surface area (Å²) in [6.45, 7) is 6.47. The monoisotopic (exact) mass is 517 g/mol. The van der Waals surface area contributed by atoms with Gasteiger partial charge in [-0.1, -0.05) is 29.8 Å². The molecule has 0 bridgehead atoms. The molecule has 6 nitrogen and oxygen atoms in total. The first kappa shape index (κ1) is 24.2. The van der Waals surface area contributed by atoms with E-state index in [4.69, 9.17) is 4.74 Å². The number of rotatable bonds is 8. The first-order valence-electron chi connectivity index (χ1n) is 8.89. The smallest absolute Gasteiger partial charge is 0.191 e. The maximum absolute atomic E-state index is 11.5. The largest absolute Gasteiger partial charge is 0.492 e. The predicted molar refractivity (Wildman–Crippen MR) is 124 cm³/mol. The summed E-state index contributed by atoms with van der Waals surface area (Å²) < 4.78 is 28.5. The van der Waals surface area contributed by atoms with Crippen LogP contribution in [0.5, 0.6) is 5.75 Å². The fourth-order valence-electron chi connectivity index (χ4n) is 2.44. The summed E-state index contributed by atoms with van der Waals surface area (Å²) in [6, 6.07) is 14.7. The highest BCUT2D eigenvalue weighted by Crippen LogP contribution is 2.15. The van der Waals surface area contributed by atoms with Gasteiger partial charge in [-0.2, -0.15) is 0 Å². The summed E-state index contributed by atoms with van der Waals surface area (Å²) in [6.07, 6.45) is 1.19. The number of sulfone groups is 1. The molecule has 0 unspecified atom stereocenters. The van der Waals surface area contributed by atoms with Gasteiger partial charge in [0.1, 0.15) is 12.4 Å². The number of guanidine groups is 1. The highest BCUT2D eigenvalue weighted by Gasteiger charge is 2.06. The number of nitrogens with zero attached hydrogens (tertiary/aromatic N) is 1. The van der Waals surface area contributed by atoms with Crippen LogP contribution in [0.25, 0.3) is 0 Å². The fourth-order valence-corrected chi connectivity index (χ4v) is 3.07. The van der Waals surface area contributed by atoms with Crippen molar-refractivity contribution in [2.75, 3.05) is 26.0 Å². The van der Waals surface area contributed by atoms with E-state index in [2.05, 4.69) is 40.7 Å². The Hall–Kier alpha value is -1.81. The minimum Gasteiger partial charge on any atom is -0.492 e. The van der Waals surface area contributed by atoms with Crippen LogP contribution in [0.15, 0.2) is 58.4 Å². The summed E-state index contributed by atoms with van der Waals surface area (Å²) in [7, 11) is -3.19. The van der Waals surface area contributed by atoms with E-state index >= 15 is 0 Å². The zero-order valence-electron chi connectivity index (χ0n) is 16.4. The van der Waals surface area contributed by atoms with Crippen molar-refractivity contribution in [3.05, 3.63) is 59.7 Å². The fraction of sp³-hybridized carbons (Fsp3) is 0.350. The average Bonchev–Trinajstić information content (AvgIpc) is 2.63. The topological polar surface area (TPSA) is 79.8 Å². The van der Waals surface area contributed by atoms with E-state index in [1.165, 1.54) is 11.8 Å². The molecule has 8 heteroatoms. The Morgan fingerprint density at radius 1 is 1.11 bits per heavy atom. The number of benzene rings is 2. The van der Waals surface area contributed by atoms with Gasteiger partial charge < -0.3 is 15.4 Å². The molecule has 0 atom stereocenters. The Bertz CT molecular complexity index is 869. The lowest BCUT2D eigenvalue weighted by Crippen LogP contribution is -2.39. The molecule has 0 aromatic heterocycles. The number of aliphatic imine (C=N–C) groups is 1. The molecule has 2 N–H and O–H groups in total. The summed E-state index contributed by atoms with van der Waals surface area (Å²) in [4.78, 5) is 4.86. The average molecular weight is 517 g/mol. The normalized spacial score (nSPS) is 11.5. The van der Waals surface area contributed by atoms with Crippen LogP contribution < -0.4 is 15.4 Å². The summed E-state index contributed by atoms with van der Waals surface area (Å²) in [5.74, 6) is 1.36. The molecule has 154 valence electrons. The molecule has 0 fully saturated rings. The molecule has 28 heavy (non-hydrogen) atoms. The van der Waals surface area contributed by atoms with Crippen molar-refractivity contribution in [3.8, 4) is 5.75 Å². The van der Waals surface area contributed by atoms with Crippen molar-refractivity contribution >= 4 is 39.8 Å². The standard InChI is InChI=1S/C20H27N3O3S.HI/c1-4-21-20(23-15-17-7-5-6-16(2)14-17)22-12-13-26-18-8-10-19(11-9-18)27(3,24)25;/h5-11,14H,4,12-13,15H2,1-3H3,(H2,21,22,23);1H. The van der Waals surface area contributed by atoms with Gasteiger partial charge >= 0.3 is 0 Å². The quantitative estimate of drug-likeness (QED) is 0.244. The lowest BCUT2D eigenvalue weighted by atomic mass is 10.1. The van der Waals surface area contributed by atoms with Gasteiger partial charge in [0, 0.05) is 12.8 Å². The van der Waals surface area contributed by atoms with Gasteiger partial charge in [0.15, 0.2) is 15.8 Å². The minimum absolute atomic E-state index is 0. The van der Waals surface area contributed by atoms with Crippen molar-refractivity contribution in [3.63, 3.8) is 0 Å². The van der Waals surface area contributed by atoms with Crippen molar-refractivity contribution < 1.29 is 13.2 Å². The van der Waals surface area contributed by atoms with Gasteiger partial charge in [-0.05, 0) is 43.7 Å². The Morgan fingerprint density at radius 2 is 1.82 bits per heavy atom.